The largest absolute Gasteiger partial charge is 0.452 e. The molecular weight excluding hydrogens is 189 g/mol. The van der Waals surface area contributed by atoms with Crippen molar-refractivity contribution in [1.82, 2.24) is 0 Å². The molecule has 0 aromatic carbocycles. The van der Waals surface area contributed by atoms with E-state index in [2.05, 4.69) is 0 Å². The zero-order valence-electron chi connectivity index (χ0n) is 7.14. The molecule has 3 nitrogen and oxygen atoms in total. The number of hydrogen-bond donors (Lipinski definition) is 0. The molecule has 0 bridgehead atoms. The van der Waals surface area contributed by atoms with E-state index in [1.165, 1.54) is 13.8 Å². The molecule has 0 aromatic rings. The van der Waals surface area contributed by atoms with E-state index in [0.29, 0.717) is 0 Å². The minimum Gasteiger partial charge on any atom is -0.347 e. The summed E-state index contributed by atoms with van der Waals surface area (Å²) in [4.78, 5) is 10.6. The fourth-order valence-electron chi connectivity index (χ4n) is 0.999. The number of halogens is 3. The Bertz CT molecular complexity index is 222. The predicted octanol–water partition coefficient (Wildman–Crippen LogP) is 1.27. The second-order valence-corrected chi connectivity index (χ2v) is 3.18. The van der Waals surface area contributed by atoms with Crippen LogP contribution < -0.4 is 0 Å². The smallest absolute Gasteiger partial charge is 0.347 e. The maximum atomic E-state index is 11.9. The number of carbonyl (C=O) groups is 1. The molecule has 13 heavy (non-hydrogen) atoms. The number of rotatable bonds is 1. The highest BCUT2D eigenvalue weighted by atomic mass is 19.4. The summed E-state index contributed by atoms with van der Waals surface area (Å²) in [6.45, 7) is 2.57. The van der Waals surface area contributed by atoms with Crippen molar-refractivity contribution in [2.24, 2.45) is 0 Å². The predicted molar refractivity (Wildman–Crippen MR) is 36.0 cm³/mol. The topological polar surface area (TPSA) is 35.5 Å². The van der Waals surface area contributed by atoms with Crippen molar-refractivity contribution in [3.8, 4) is 0 Å². The van der Waals surface area contributed by atoms with E-state index >= 15 is 0 Å². The first kappa shape index (κ1) is 10.5. The first-order chi connectivity index (χ1) is 5.72. The van der Waals surface area contributed by atoms with Gasteiger partial charge in [-0.05, 0) is 13.8 Å². The van der Waals surface area contributed by atoms with Gasteiger partial charge in [0.15, 0.2) is 11.9 Å². The summed E-state index contributed by atoms with van der Waals surface area (Å²) in [7, 11) is 0. The Morgan fingerprint density at radius 1 is 1.46 bits per heavy atom. The van der Waals surface area contributed by atoms with Gasteiger partial charge >= 0.3 is 6.18 Å². The zero-order valence-corrected chi connectivity index (χ0v) is 7.14. The van der Waals surface area contributed by atoms with Gasteiger partial charge in [0.2, 0.25) is 0 Å². The third-order valence-corrected chi connectivity index (χ3v) is 1.58. The van der Waals surface area contributed by atoms with Crippen LogP contribution >= 0.6 is 0 Å². The minimum atomic E-state index is -4.85. The van der Waals surface area contributed by atoms with Gasteiger partial charge in [0, 0.05) is 0 Å². The van der Waals surface area contributed by atoms with Gasteiger partial charge in [0.1, 0.15) is 0 Å². The van der Waals surface area contributed by atoms with Crippen LogP contribution in [0.5, 0.6) is 0 Å². The summed E-state index contributed by atoms with van der Waals surface area (Å²) in [5.74, 6) is -3.00. The van der Waals surface area contributed by atoms with Crippen molar-refractivity contribution in [1.29, 1.82) is 0 Å². The average molecular weight is 198 g/mol. The molecule has 0 amide bonds. The molecule has 0 spiro atoms. The van der Waals surface area contributed by atoms with Crippen LogP contribution in [0.1, 0.15) is 13.8 Å². The monoisotopic (exact) mass is 198 g/mol. The second kappa shape index (κ2) is 2.95. The molecule has 0 unspecified atom stereocenters. The van der Waals surface area contributed by atoms with Gasteiger partial charge in [-0.25, -0.2) is 0 Å². The van der Waals surface area contributed by atoms with Crippen LogP contribution in [0, 0.1) is 0 Å². The third-order valence-electron chi connectivity index (χ3n) is 1.58. The van der Waals surface area contributed by atoms with Crippen molar-refractivity contribution >= 4 is 5.78 Å². The fraction of sp³-hybridized carbons (Fsp3) is 0.857. The van der Waals surface area contributed by atoms with Crippen LogP contribution in [0.25, 0.3) is 0 Å². The Morgan fingerprint density at radius 2 is 2.00 bits per heavy atom. The van der Waals surface area contributed by atoms with Crippen LogP contribution in [0.15, 0.2) is 0 Å². The van der Waals surface area contributed by atoms with E-state index in [4.69, 9.17) is 9.47 Å². The molecule has 76 valence electrons. The molecule has 1 heterocycles. The van der Waals surface area contributed by atoms with Gasteiger partial charge in [0.25, 0.3) is 5.78 Å². The molecular formula is C7H9F3O3. The van der Waals surface area contributed by atoms with Gasteiger partial charge in [-0.2, -0.15) is 13.2 Å². The number of ketones is 1. The summed E-state index contributed by atoms with van der Waals surface area (Å²) < 4.78 is 45.2. The lowest BCUT2D eigenvalue weighted by atomic mass is 10.2. The maximum Gasteiger partial charge on any atom is 0.452 e. The Kier molecular flexibility index (Phi) is 2.38. The second-order valence-electron chi connectivity index (χ2n) is 3.18. The average Bonchev–Trinajstić information content (AvgIpc) is 2.26. The summed E-state index contributed by atoms with van der Waals surface area (Å²) in [5.41, 5.74) is 0. The van der Waals surface area contributed by atoms with Gasteiger partial charge < -0.3 is 9.47 Å². The molecule has 0 N–H and O–H groups in total. The molecule has 1 atom stereocenters. The minimum absolute atomic E-state index is 0.342. The zero-order chi connectivity index (χ0) is 10.3. The standard InChI is InChI=1S/C7H9F3O3/c1-6(2)12-3-4(13-6)5(11)7(8,9)10/h4H,3H2,1-2H3/t4-/m1/s1. The number of alkyl halides is 3. The van der Waals surface area contributed by atoms with Crippen molar-refractivity contribution in [3.63, 3.8) is 0 Å². The van der Waals surface area contributed by atoms with Gasteiger partial charge in [-0.1, -0.05) is 0 Å². The lowest BCUT2D eigenvalue weighted by Gasteiger charge is -2.16. The van der Waals surface area contributed by atoms with E-state index in [-0.39, 0.29) is 6.61 Å². The molecule has 0 aromatic heterocycles. The van der Waals surface area contributed by atoms with E-state index in [9.17, 15) is 18.0 Å². The Morgan fingerprint density at radius 3 is 2.31 bits per heavy atom. The number of ether oxygens (including phenoxy) is 2. The first-order valence-electron chi connectivity index (χ1n) is 3.65. The summed E-state index contributed by atoms with van der Waals surface area (Å²) in [6.07, 6.45) is -6.37. The molecule has 1 rings (SSSR count). The lowest BCUT2D eigenvalue weighted by Crippen LogP contribution is -2.37. The van der Waals surface area contributed by atoms with E-state index in [1.54, 1.807) is 0 Å². The van der Waals surface area contributed by atoms with Crippen LogP contribution in [-0.4, -0.2) is 30.5 Å². The van der Waals surface area contributed by atoms with Crippen LogP contribution in [0.4, 0.5) is 13.2 Å². The molecule has 1 saturated heterocycles. The van der Waals surface area contributed by atoms with Gasteiger partial charge in [-0.3, -0.25) is 4.79 Å². The van der Waals surface area contributed by atoms with Crippen molar-refractivity contribution in [2.75, 3.05) is 6.61 Å². The van der Waals surface area contributed by atoms with Crippen molar-refractivity contribution < 1.29 is 27.4 Å². The molecule has 1 aliphatic rings. The van der Waals surface area contributed by atoms with Crippen molar-refractivity contribution in [2.45, 2.75) is 31.9 Å². The normalized spacial score (nSPS) is 27.6. The third kappa shape index (κ3) is 2.41. The Hall–Kier alpha value is -0.620. The van der Waals surface area contributed by atoms with Gasteiger partial charge in [0.05, 0.1) is 6.61 Å². The highest BCUT2D eigenvalue weighted by Gasteiger charge is 2.49. The van der Waals surface area contributed by atoms with Crippen LogP contribution in [0.3, 0.4) is 0 Å². The Labute approximate surface area is 72.8 Å². The first-order valence-corrected chi connectivity index (χ1v) is 3.65. The summed E-state index contributed by atoms with van der Waals surface area (Å²) >= 11 is 0. The molecule has 6 heteroatoms. The van der Waals surface area contributed by atoms with Crippen molar-refractivity contribution in [3.05, 3.63) is 0 Å². The van der Waals surface area contributed by atoms with E-state index < -0.39 is 23.9 Å². The number of Topliss-reactive ketones (excluding diaryl/α,β-unsaturated/α-hetero) is 1. The summed E-state index contributed by atoms with van der Waals surface area (Å²) in [6, 6.07) is 0. The molecule has 1 fully saturated rings. The van der Waals surface area contributed by atoms with E-state index in [1.807, 2.05) is 0 Å². The Balaban J connectivity index is 2.62. The molecule has 0 saturated carbocycles. The fourth-order valence-corrected chi connectivity index (χ4v) is 0.999. The quantitative estimate of drug-likeness (QED) is 0.636. The molecule has 0 radical (unpaired) electrons. The summed E-state index contributed by atoms with van der Waals surface area (Å²) in [5, 5.41) is 0. The van der Waals surface area contributed by atoms with Gasteiger partial charge in [-0.15, -0.1) is 0 Å². The van der Waals surface area contributed by atoms with Crippen LogP contribution in [0.2, 0.25) is 0 Å². The highest BCUT2D eigenvalue weighted by molar-refractivity contribution is 5.88. The SMILES string of the molecule is CC1(C)OC[C@H](C(=O)C(F)(F)F)O1. The lowest BCUT2D eigenvalue weighted by molar-refractivity contribution is -0.188. The molecule has 1 aliphatic heterocycles. The highest BCUT2D eigenvalue weighted by Crippen LogP contribution is 2.28. The van der Waals surface area contributed by atoms with E-state index in [0.717, 1.165) is 0 Å². The maximum absolute atomic E-state index is 11.9. The molecule has 0 aliphatic carbocycles. The van der Waals surface area contributed by atoms with Crippen LogP contribution in [-0.2, 0) is 14.3 Å². The number of carbonyl (C=O) groups excluding carboxylic acids is 1. The number of hydrogen-bond acceptors (Lipinski definition) is 3.